The zero-order chi connectivity index (χ0) is 37.0. The SMILES string of the molecule is CCCCNC(=O)C(Cc1ccccc1)N(Cc1cccc(OC)c1)C(=O)CN(c1cc(Cl)ccc1OC)S(=O)(=O)c1ccc(OC)c(OC)c1. The zero-order valence-electron chi connectivity index (χ0n) is 29.4. The molecule has 51 heavy (non-hydrogen) atoms. The molecular formula is C38H44ClN3O8S. The Kier molecular flexibility index (Phi) is 14.0. The van der Waals surface area contributed by atoms with Gasteiger partial charge in [0.1, 0.15) is 24.1 Å². The van der Waals surface area contributed by atoms with E-state index in [4.69, 9.17) is 30.5 Å². The van der Waals surface area contributed by atoms with Crippen molar-refractivity contribution in [2.45, 2.75) is 43.7 Å². The first-order valence-electron chi connectivity index (χ1n) is 16.4. The Hall–Kier alpha value is -4.94. The smallest absolute Gasteiger partial charge is 0.265 e. The molecule has 0 saturated carbocycles. The van der Waals surface area contributed by atoms with E-state index in [1.165, 1.54) is 63.7 Å². The van der Waals surface area contributed by atoms with Gasteiger partial charge in [-0.05, 0) is 60.0 Å². The number of nitrogens with zero attached hydrogens (tertiary/aromatic N) is 2. The Labute approximate surface area is 305 Å². The topological polar surface area (TPSA) is 124 Å². The molecule has 11 nitrogen and oxygen atoms in total. The lowest BCUT2D eigenvalue weighted by molar-refractivity contribution is -0.140. The van der Waals surface area contributed by atoms with Crippen molar-refractivity contribution in [1.82, 2.24) is 10.2 Å². The third kappa shape index (κ3) is 9.86. The highest BCUT2D eigenvalue weighted by molar-refractivity contribution is 7.92. The van der Waals surface area contributed by atoms with Crippen molar-refractivity contribution in [3.05, 3.63) is 107 Å². The van der Waals surface area contributed by atoms with Crippen LogP contribution in [0.15, 0.2) is 95.9 Å². The van der Waals surface area contributed by atoms with E-state index >= 15 is 0 Å². The molecule has 0 saturated heterocycles. The minimum atomic E-state index is -4.50. The highest BCUT2D eigenvalue weighted by Crippen LogP contribution is 2.37. The lowest BCUT2D eigenvalue weighted by atomic mass is 10.0. The van der Waals surface area contributed by atoms with Gasteiger partial charge >= 0.3 is 0 Å². The van der Waals surface area contributed by atoms with Crippen molar-refractivity contribution in [3.8, 4) is 23.0 Å². The third-order valence-electron chi connectivity index (χ3n) is 8.22. The maximum absolute atomic E-state index is 14.8. The average molecular weight is 738 g/mol. The van der Waals surface area contributed by atoms with Crippen LogP contribution in [0.5, 0.6) is 23.0 Å². The second-order valence-electron chi connectivity index (χ2n) is 11.6. The van der Waals surface area contributed by atoms with E-state index in [9.17, 15) is 18.0 Å². The number of anilines is 1. The minimum Gasteiger partial charge on any atom is -0.497 e. The fourth-order valence-electron chi connectivity index (χ4n) is 5.50. The van der Waals surface area contributed by atoms with E-state index in [1.54, 1.807) is 24.3 Å². The van der Waals surface area contributed by atoms with Crippen LogP contribution >= 0.6 is 11.6 Å². The first-order valence-corrected chi connectivity index (χ1v) is 18.2. The van der Waals surface area contributed by atoms with Gasteiger partial charge in [-0.3, -0.25) is 13.9 Å². The summed E-state index contributed by atoms with van der Waals surface area (Å²) in [5.41, 5.74) is 1.53. The number of unbranched alkanes of at least 4 members (excludes halogenated alkanes) is 1. The summed E-state index contributed by atoms with van der Waals surface area (Å²) < 4.78 is 51.9. The van der Waals surface area contributed by atoms with E-state index in [-0.39, 0.29) is 46.0 Å². The van der Waals surface area contributed by atoms with Crippen LogP contribution in [0.4, 0.5) is 5.69 Å². The Morgan fingerprint density at radius 2 is 1.47 bits per heavy atom. The number of sulfonamides is 1. The number of methoxy groups -OCH3 is 4. The standard InChI is InChI=1S/C38H44ClN3O8S/c1-6-7-20-40-38(44)33(22-27-12-9-8-10-13-27)41(25-28-14-11-15-30(21-28)47-2)37(43)26-42(32-23-29(39)16-18-34(32)48-3)51(45,46)31-17-19-35(49-4)36(24-31)50-5/h8-19,21,23-24,33H,6-7,20,22,25-26H2,1-5H3,(H,40,44). The molecule has 0 aliphatic rings. The van der Waals surface area contributed by atoms with Crippen LogP contribution in [0.25, 0.3) is 0 Å². The van der Waals surface area contributed by atoms with E-state index in [2.05, 4.69) is 5.32 Å². The summed E-state index contributed by atoms with van der Waals surface area (Å²) in [4.78, 5) is 30.1. The van der Waals surface area contributed by atoms with Gasteiger partial charge in [-0.15, -0.1) is 0 Å². The van der Waals surface area contributed by atoms with Crippen molar-refractivity contribution in [2.75, 3.05) is 45.8 Å². The molecule has 13 heteroatoms. The highest BCUT2D eigenvalue weighted by Gasteiger charge is 2.36. The van der Waals surface area contributed by atoms with Crippen LogP contribution in [0.3, 0.4) is 0 Å². The first kappa shape index (κ1) is 38.9. The maximum Gasteiger partial charge on any atom is 0.265 e. The number of hydrogen-bond acceptors (Lipinski definition) is 8. The van der Waals surface area contributed by atoms with Crippen LogP contribution in [0.2, 0.25) is 5.02 Å². The minimum absolute atomic E-state index is 0.0222. The van der Waals surface area contributed by atoms with Gasteiger partial charge < -0.3 is 29.2 Å². The van der Waals surface area contributed by atoms with Gasteiger partial charge in [0.25, 0.3) is 10.0 Å². The van der Waals surface area contributed by atoms with Crippen LogP contribution < -0.4 is 28.6 Å². The van der Waals surface area contributed by atoms with E-state index < -0.39 is 28.5 Å². The predicted molar refractivity (Wildman–Crippen MR) is 197 cm³/mol. The van der Waals surface area contributed by atoms with Gasteiger partial charge in [-0.2, -0.15) is 0 Å². The molecule has 0 aliphatic carbocycles. The number of amides is 2. The normalized spacial score (nSPS) is 11.6. The second-order valence-corrected chi connectivity index (χ2v) is 13.9. The summed E-state index contributed by atoms with van der Waals surface area (Å²) in [5, 5.41) is 3.20. The predicted octanol–water partition coefficient (Wildman–Crippen LogP) is 6.13. The molecule has 0 bridgehead atoms. The summed E-state index contributed by atoms with van der Waals surface area (Å²) in [6.45, 7) is 1.71. The second kappa shape index (κ2) is 18.3. The summed E-state index contributed by atoms with van der Waals surface area (Å²) in [5.74, 6) is 0.214. The number of halogens is 1. The molecule has 4 aromatic carbocycles. The molecule has 4 rings (SSSR count). The van der Waals surface area contributed by atoms with E-state index in [0.29, 0.717) is 23.6 Å². The molecule has 0 spiro atoms. The van der Waals surface area contributed by atoms with Crippen LogP contribution in [0, 0.1) is 0 Å². The third-order valence-corrected chi connectivity index (χ3v) is 10.2. The van der Waals surface area contributed by atoms with Crippen LogP contribution in [-0.4, -0.2) is 72.7 Å². The average Bonchev–Trinajstić information content (AvgIpc) is 3.15. The largest absolute Gasteiger partial charge is 0.497 e. The van der Waals surface area contributed by atoms with Gasteiger partial charge in [0.2, 0.25) is 11.8 Å². The highest BCUT2D eigenvalue weighted by atomic mass is 35.5. The van der Waals surface area contributed by atoms with Crippen molar-refractivity contribution < 1.29 is 37.0 Å². The van der Waals surface area contributed by atoms with Gasteiger partial charge in [-0.25, -0.2) is 8.42 Å². The summed E-state index contributed by atoms with van der Waals surface area (Å²) >= 11 is 6.41. The van der Waals surface area contributed by atoms with Gasteiger partial charge in [-0.1, -0.05) is 67.4 Å². The Balaban J connectivity index is 1.88. The first-order chi connectivity index (χ1) is 24.6. The fraction of sp³-hybridized carbons (Fsp3) is 0.316. The molecule has 0 aromatic heterocycles. The lowest BCUT2D eigenvalue weighted by Crippen LogP contribution is -2.53. The lowest BCUT2D eigenvalue weighted by Gasteiger charge is -2.34. The summed E-state index contributed by atoms with van der Waals surface area (Å²) in [6.07, 6.45) is 1.79. The number of rotatable bonds is 18. The molecule has 2 amide bonds. The number of carbonyl (C=O) groups is 2. The van der Waals surface area contributed by atoms with Crippen molar-refractivity contribution >= 4 is 39.1 Å². The zero-order valence-corrected chi connectivity index (χ0v) is 31.0. The van der Waals surface area contributed by atoms with Crippen LogP contribution in [0.1, 0.15) is 30.9 Å². The summed E-state index contributed by atoms with van der Waals surface area (Å²) in [7, 11) is 1.26. The Bertz CT molecular complexity index is 1890. The van der Waals surface area contributed by atoms with Crippen LogP contribution in [-0.2, 0) is 32.6 Å². The molecule has 0 radical (unpaired) electrons. The summed E-state index contributed by atoms with van der Waals surface area (Å²) in [6, 6.07) is 24.1. The van der Waals surface area contributed by atoms with E-state index in [1.807, 2.05) is 43.3 Å². The molecule has 272 valence electrons. The van der Waals surface area contributed by atoms with Gasteiger partial charge in [0.15, 0.2) is 11.5 Å². The molecule has 1 unspecified atom stereocenters. The number of nitrogens with one attached hydrogen (secondary N) is 1. The fourth-order valence-corrected chi connectivity index (χ4v) is 7.10. The number of hydrogen-bond donors (Lipinski definition) is 1. The quantitative estimate of drug-likeness (QED) is 0.121. The van der Waals surface area contributed by atoms with E-state index in [0.717, 1.165) is 22.7 Å². The van der Waals surface area contributed by atoms with Crippen molar-refractivity contribution in [2.24, 2.45) is 0 Å². The number of benzene rings is 4. The molecule has 4 aromatic rings. The van der Waals surface area contributed by atoms with Gasteiger partial charge in [0.05, 0.1) is 39.0 Å². The molecule has 0 heterocycles. The Morgan fingerprint density at radius 1 is 0.784 bits per heavy atom. The van der Waals surface area contributed by atoms with Crippen molar-refractivity contribution in [1.29, 1.82) is 0 Å². The van der Waals surface area contributed by atoms with Crippen molar-refractivity contribution in [3.63, 3.8) is 0 Å². The maximum atomic E-state index is 14.8. The number of carbonyl (C=O) groups excluding carboxylic acids is 2. The molecule has 0 fully saturated rings. The number of ether oxygens (including phenoxy) is 4. The molecule has 0 aliphatic heterocycles. The molecule has 1 atom stereocenters. The van der Waals surface area contributed by atoms with Gasteiger partial charge in [0, 0.05) is 30.6 Å². The Morgan fingerprint density at radius 3 is 2.14 bits per heavy atom. The molecule has 1 N–H and O–H groups in total. The molecular weight excluding hydrogens is 694 g/mol. The monoisotopic (exact) mass is 737 g/mol.